The molecule has 0 N–H and O–H groups in total. The minimum atomic E-state index is 0.0337. The Hall–Kier alpha value is -2.21. The van der Waals surface area contributed by atoms with Crippen LogP contribution in [0.1, 0.15) is 58.8 Å². The second kappa shape index (κ2) is 8.86. The van der Waals surface area contributed by atoms with Gasteiger partial charge in [0.15, 0.2) is 0 Å². The van der Waals surface area contributed by atoms with Crippen molar-refractivity contribution in [3.05, 3.63) is 40.4 Å². The summed E-state index contributed by atoms with van der Waals surface area (Å²) in [5, 5.41) is 0.673. The molecule has 6 nitrogen and oxygen atoms in total. The van der Waals surface area contributed by atoms with Crippen molar-refractivity contribution in [3.8, 4) is 0 Å². The summed E-state index contributed by atoms with van der Waals surface area (Å²) < 4.78 is 1.82. The van der Waals surface area contributed by atoms with E-state index in [0.717, 1.165) is 43.8 Å². The number of para-hydroxylation sites is 1. The van der Waals surface area contributed by atoms with E-state index < -0.39 is 0 Å². The predicted molar refractivity (Wildman–Crippen MR) is 112 cm³/mol. The van der Waals surface area contributed by atoms with Crippen molar-refractivity contribution >= 4 is 16.8 Å². The summed E-state index contributed by atoms with van der Waals surface area (Å²) in [6, 6.07) is 7.82. The lowest BCUT2D eigenvalue weighted by atomic mass is 10.1. The van der Waals surface area contributed by atoms with Gasteiger partial charge in [0.2, 0.25) is 5.91 Å². The quantitative estimate of drug-likeness (QED) is 0.767. The Kier molecular flexibility index (Phi) is 6.50. The van der Waals surface area contributed by atoms with E-state index in [9.17, 15) is 9.59 Å². The van der Waals surface area contributed by atoms with E-state index in [0.29, 0.717) is 18.4 Å². The zero-order chi connectivity index (χ0) is 20.3. The number of hydrogen-bond acceptors (Lipinski definition) is 4. The average Bonchev–Trinajstić information content (AvgIpc) is 2.69. The van der Waals surface area contributed by atoms with Gasteiger partial charge in [-0.1, -0.05) is 26.0 Å². The largest absolute Gasteiger partial charge is 0.337 e. The van der Waals surface area contributed by atoms with Crippen molar-refractivity contribution in [3.63, 3.8) is 0 Å². The Morgan fingerprint density at radius 3 is 2.61 bits per heavy atom. The first-order chi connectivity index (χ1) is 13.5. The molecule has 0 saturated carbocycles. The Balaban J connectivity index is 1.92. The highest BCUT2D eigenvalue weighted by Gasteiger charge is 2.32. The van der Waals surface area contributed by atoms with E-state index in [1.54, 1.807) is 0 Å². The van der Waals surface area contributed by atoms with Gasteiger partial charge in [-0.3, -0.25) is 19.1 Å². The molecular formula is C22H32N4O2. The maximum absolute atomic E-state index is 13.0. The van der Waals surface area contributed by atoms with Crippen LogP contribution in [-0.2, 0) is 11.3 Å². The number of rotatable bonds is 6. The summed E-state index contributed by atoms with van der Waals surface area (Å²) in [7, 11) is 0. The molecule has 3 rings (SSSR count). The monoisotopic (exact) mass is 384 g/mol. The molecule has 0 radical (unpaired) electrons. The molecule has 0 aliphatic carbocycles. The Morgan fingerprint density at radius 1 is 1.21 bits per heavy atom. The molecule has 2 atom stereocenters. The summed E-state index contributed by atoms with van der Waals surface area (Å²) >= 11 is 0. The van der Waals surface area contributed by atoms with Crippen LogP contribution in [0.4, 0.5) is 0 Å². The molecule has 1 aromatic heterocycles. The molecule has 1 aromatic carbocycles. The molecule has 1 aliphatic rings. The van der Waals surface area contributed by atoms with Gasteiger partial charge in [0.1, 0.15) is 5.82 Å². The fourth-order valence-corrected chi connectivity index (χ4v) is 4.35. The fourth-order valence-electron chi connectivity index (χ4n) is 4.35. The zero-order valence-corrected chi connectivity index (χ0v) is 17.5. The van der Waals surface area contributed by atoms with Gasteiger partial charge in [-0.2, -0.15) is 0 Å². The molecule has 2 aromatic rings. The molecular weight excluding hydrogens is 352 g/mol. The summed E-state index contributed by atoms with van der Waals surface area (Å²) in [5.41, 5.74) is 0.793. The lowest BCUT2D eigenvalue weighted by Gasteiger charge is -2.43. The smallest absolute Gasteiger partial charge is 0.261 e. The van der Waals surface area contributed by atoms with Crippen LogP contribution in [0.2, 0.25) is 0 Å². The standard InChI is InChI=1S/C22H32N4O2/c1-5-10-20(27)26-14-13-24(15-16(26)4)19(6-2)21-23-18-12-9-8-11-17(18)22(28)25(21)7-3/h8-9,11-12,16,19H,5-7,10,13-15H2,1-4H3. The van der Waals surface area contributed by atoms with Crippen molar-refractivity contribution in [2.75, 3.05) is 19.6 Å². The van der Waals surface area contributed by atoms with Crippen LogP contribution in [0.15, 0.2) is 29.1 Å². The second-order valence-electron chi connectivity index (χ2n) is 7.64. The lowest BCUT2D eigenvalue weighted by molar-refractivity contribution is -0.136. The van der Waals surface area contributed by atoms with Gasteiger partial charge >= 0.3 is 0 Å². The first-order valence-corrected chi connectivity index (χ1v) is 10.5. The number of piperazine rings is 1. The Labute approximate surface area is 167 Å². The normalized spacial score (nSPS) is 19.1. The van der Waals surface area contributed by atoms with Crippen molar-refractivity contribution in [2.45, 2.75) is 65.6 Å². The SMILES string of the molecule is CCCC(=O)N1CCN(C(CC)c2nc3ccccc3c(=O)n2CC)CC1C. The van der Waals surface area contributed by atoms with E-state index in [2.05, 4.69) is 18.7 Å². The van der Waals surface area contributed by atoms with Gasteiger partial charge in [0.05, 0.1) is 16.9 Å². The number of aromatic nitrogens is 2. The van der Waals surface area contributed by atoms with E-state index in [1.807, 2.05) is 47.6 Å². The van der Waals surface area contributed by atoms with Crippen LogP contribution in [-0.4, -0.2) is 50.9 Å². The lowest BCUT2D eigenvalue weighted by Crippen LogP contribution is -2.55. The molecule has 0 bridgehead atoms. The van der Waals surface area contributed by atoms with Crippen LogP contribution >= 0.6 is 0 Å². The van der Waals surface area contributed by atoms with Gasteiger partial charge in [-0.15, -0.1) is 0 Å². The highest BCUT2D eigenvalue weighted by Crippen LogP contribution is 2.26. The summed E-state index contributed by atoms with van der Waals surface area (Å²) in [6.07, 6.45) is 2.37. The van der Waals surface area contributed by atoms with Crippen molar-refractivity contribution in [1.82, 2.24) is 19.4 Å². The second-order valence-corrected chi connectivity index (χ2v) is 7.64. The highest BCUT2D eigenvalue weighted by molar-refractivity contribution is 5.77. The van der Waals surface area contributed by atoms with Gasteiger partial charge in [0.25, 0.3) is 5.56 Å². The number of carbonyl (C=O) groups is 1. The van der Waals surface area contributed by atoms with E-state index in [4.69, 9.17) is 4.98 Å². The number of fused-ring (bicyclic) bond motifs is 1. The number of amides is 1. The Morgan fingerprint density at radius 2 is 1.96 bits per heavy atom. The van der Waals surface area contributed by atoms with Crippen LogP contribution < -0.4 is 5.56 Å². The maximum atomic E-state index is 13.0. The minimum absolute atomic E-state index is 0.0337. The predicted octanol–water partition coefficient (Wildman–Crippen LogP) is 3.20. The Bertz CT molecular complexity index is 892. The van der Waals surface area contributed by atoms with E-state index in [-0.39, 0.29) is 23.6 Å². The fraction of sp³-hybridized carbons (Fsp3) is 0.591. The molecule has 6 heteroatoms. The number of carbonyl (C=O) groups excluding carboxylic acids is 1. The topological polar surface area (TPSA) is 58.4 Å². The highest BCUT2D eigenvalue weighted by atomic mass is 16.2. The molecule has 1 fully saturated rings. The van der Waals surface area contributed by atoms with Gasteiger partial charge in [-0.25, -0.2) is 4.98 Å². The first kappa shape index (κ1) is 20.5. The van der Waals surface area contributed by atoms with Gasteiger partial charge in [0, 0.05) is 38.6 Å². The van der Waals surface area contributed by atoms with Crippen LogP contribution in [0.25, 0.3) is 10.9 Å². The summed E-state index contributed by atoms with van der Waals surface area (Å²) in [5.74, 6) is 1.09. The summed E-state index contributed by atoms with van der Waals surface area (Å²) in [6.45, 7) is 11.3. The average molecular weight is 385 g/mol. The minimum Gasteiger partial charge on any atom is -0.337 e. The third kappa shape index (κ3) is 3.83. The van der Waals surface area contributed by atoms with Crippen LogP contribution in [0.3, 0.4) is 0 Å². The zero-order valence-electron chi connectivity index (χ0n) is 17.5. The molecule has 152 valence electrons. The molecule has 1 aliphatic heterocycles. The van der Waals surface area contributed by atoms with Gasteiger partial charge < -0.3 is 4.90 Å². The van der Waals surface area contributed by atoms with Crippen LogP contribution in [0.5, 0.6) is 0 Å². The number of nitrogens with zero attached hydrogens (tertiary/aromatic N) is 4. The third-order valence-corrected chi connectivity index (χ3v) is 5.78. The maximum Gasteiger partial charge on any atom is 0.261 e. The number of hydrogen-bond donors (Lipinski definition) is 0. The molecule has 2 heterocycles. The van der Waals surface area contributed by atoms with Crippen molar-refractivity contribution in [1.29, 1.82) is 0 Å². The van der Waals surface area contributed by atoms with E-state index in [1.165, 1.54) is 0 Å². The molecule has 1 amide bonds. The van der Waals surface area contributed by atoms with Crippen LogP contribution in [0, 0.1) is 0 Å². The number of benzene rings is 1. The summed E-state index contributed by atoms with van der Waals surface area (Å²) in [4.78, 5) is 34.7. The first-order valence-electron chi connectivity index (χ1n) is 10.5. The third-order valence-electron chi connectivity index (χ3n) is 5.78. The molecule has 2 unspecified atom stereocenters. The van der Waals surface area contributed by atoms with Crippen molar-refractivity contribution < 1.29 is 4.79 Å². The molecule has 28 heavy (non-hydrogen) atoms. The molecule has 0 spiro atoms. The van der Waals surface area contributed by atoms with Crippen molar-refractivity contribution in [2.24, 2.45) is 0 Å². The van der Waals surface area contributed by atoms with E-state index >= 15 is 0 Å². The van der Waals surface area contributed by atoms with Gasteiger partial charge in [-0.05, 0) is 38.8 Å². The molecule has 1 saturated heterocycles.